The number of halogens is 1. The molecule has 2 fully saturated rings. The highest BCUT2D eigenvalue weighted by Crippen LogP contribution is 2.50. The van der Waals surface area contributed by atoms with Crippen molar-refractivity contribution in [1.29, 1.82) is 0 Å². The van der Waals surface area contributed by atoms with E-state index in [0.717, 1.165) is 76.4 Å². The number of methoxy groups -OCH3 is 2. The van der Waals surface area contributed by atoms with Crippen LogP contribution in [0, 0.1) is 29.5 Å². The van der Waals surface area contributed by atoms with Crippen molar-refractivity contribution in [1.82, 2.24) is 45.0 Å². The van der Waals surface area contributed by atoms with E-state index in [1.807, 2.05) is 71.3 Å². The standard InChI is InChI=1S/C54H66FN9O7S/c1-10-11-13-35(29(6)30(7)47(65)45(27(2)3)61-53(67)69-8)48-56-24-37(59-48)32-17-18-39-34(20-32)22-41-44-36(55)21-33(23-42(44)71-52(64(39)41)43-26-58-50(72-43)31-15-16-31)38-25-57-49(60-38)40-14-12-19-63(40)51(66)46(28(4)5)62-54(68)70-9/h17-18,20-31,35,40,45-46,52H,10-16,19H2,1-9H3,(H,56,59)(H,57,60)(H,61,67)(H,62,68). The van der Waals surface area contributed by atoms with E-state index in [-0.39, 0.29) is 47.3 Å². The molecule has 1 saturated carbocycles. The van der Waals surface area contributed by atoms with Crippen LogP contribution in [0.15, 0.2) is 55.0 Å². The maximum absolute atomic E-state index is 17.0. The van der Waals surface area contributed by atoms with Gasteiger partial charge in [-0.2, -0.15) is 0 Å². The zero-order valence-electron chi connectivity index (χ0n) is 42.5. The number of amides is 3. The lowest BCUT2D eigenvalue weighted by molar-refractivity contribution is -0.135. The number of benzene rings is 2. The van der Waals surface area contributed by atoms with Crippen molar-refractivity contribution in [2.24, 2.45) is 23.7 Å². The predicted octanol–water partition coefficient (Wildman–Crippen LogP) is 11.0. The van der Waals surface area contributed by atoms with Crippen LogP contribution < -0.4 is 15.4 Å². The number of hydrogen-bond acceptors (Lipinski definition) is 11. The number of rotatable bonds is 18. The van der Waals surface area contributed by atoms with Crippen LogP contribution in [-0.4, -0.2) is 91.1 Å². The summed E-state index contributed by atoms with van der Waals surface area (Å²) in [4.78, 5) is 76.2. The van der Waals surface area contributed by atoms with Crippen LogP contribution in [0.4, 0.5) is 14.0 Å². The first kappa shape index (κ1) is 50.4. The Hall–Kier alpha value is -6.56. The smallest absolute Gasteiger partial charge is 0.407 e. The lowest BCUT2D eigenvalue weighted by Crippen LogP contribution is -2.51. The van der Waals surface area contributed by atoms with E-state index in [1.165, 1.54) is 20.3 Å². The molecule has 3 amide bonds. The number of fused-ring (bicyclic) bond motifs is 5. The second-order valence-corrected chi connectivity index (χ2v) is 21.5. The van der Waals surface area contributed by atoms with E-state index in [9.17, 15) is 19.2 Å². The Morgan fingerprint density at radius 2 is 1.57 bits per heavy atom. The van der Waals surface area contributed by atoms with Crippen molar-refractivity contribution >= 4 is 46.1 Å². The highest BCUT2D eigenvalue weighted by atomic mass is 32.1. The summed E-state index contributed by atoms with van der Waals surface area (Å²) in [6.45, 7) is 14.3. The van der Waals surface area contributed by atoms with Crippen LogP contribution in [0.2, 0.25) is 0 Å². The van der Waals surface area contributed by atoms with Gasteiger partial charge < -0.3 is 39.7 Å². The average molecular weight is 1000 g/mol. The number of aromatic nitrogens is 6. The number of nitrogens with zero attached hydrogens (tertiary/aromatic N) is 5. The summed E-state index contributed by atoms with van der Waals surface area (Å²) in [6.07, 6.45) is 9.88. The molecule has 7 atom stereocenters. The fraction of sp³-hybridized carbons (Fsp3) is 0.500. The van der Waals surface area contributed by atoms with Crippen molar-refractivity contribution in [2.45, 2.75) is 130 Å². The monoisotopic (exact) mass is 1000 g/mol. The molecule has 0 bridgehead atoms. The zero-order valence-corrected chi connectivity index (χ0v) is 43.3. The van der Waals surface area contributed by atoms with E-state index in [4.69, 9.17) is 29.2 Å². The summed E-state index contributed by atoms with van der Waals surface area (Å²) in [5, 5.41) is 7.40. The number of ether oxygens (including phenoxy) is 3. The number of imidazole rings is 2. The Balaban J connectivity index is 1.03. The van der Waals surface area contributed by atoms with Gasteiger partial charge in [-0.1, -0.05) is 67.4 Å². The molecular weight excluding hydrogens is 938 g/mol. The number of carbonyl (C=O) groups excluding carboxylic acids is 4. The van der Waals surface area contributed by atoms with Crippen molar-refractivity contribution < 1.29 is 37.8 Å². The Morgan fingerprint density at radius 1 is 0.861 bits per heavy atom. The van der Waals surface area contributed by atoms with Crippen molar-refractivity contribution in [3.8, 4) is 39.5 Å². The number of ketones is 1. The van der Waals surface area contributed by atoms with Gasteiger partial charge in [0.2, 0.25) is 12.1 Å². The van der Waals surface area contributed by atoms with Gasteiger partial charge in [-0.05, 0) is 80.2 Å². The molecule has 9 rings (SSSR count). The predicted molar refractivity (Wildman–Crippen MR) is 273 cm³/mol. The number of H-pyrrole nitrogens is 2. The van der Waals surface area contributed by atoms with E-state index in [2.05, 4.69) is 45.1 Å². The third-order valence-electron chi connectivity index (χ3n) is 14.9. The summed E-state index contributed by atoms with van der Waals surface area (Å²) >= 11 is 1.63. The molecule has 6 heterocycles. The quantitative estimate of drug-likeness (QED) is 0.0642. The Morgan fingerprint density at radius 3 is 2.26 bits per heavy atom. The van der Waals surface area contributed by atoms with Gasteiger partial charge in [0.05, 0.1) is 76.7 Å². The van der Waals surface area contributed by atoms with E-state index < -0.39 is 36.3 Å². The lowest BCUT2D eigenvalue weighted by Gasteiger charge is -2.31. The van der Waals surface area contributed by atoms with Crippen LogP contribution in [0.5, 0.6) is 5.75 Å². The van der Waals surface area contributed by atoms with Crippen LogP contribution in [-0.2, 0) is 19.1 Å². The Bertz CT molecular complexity index is 2970. The summed E-state index contributed by atoms with van der Waals surface area (Å²) in [7, 11) is 2.57. The van der Waals surface area contributed by atoms with Crippen molar-refractivity contribution in [3.05, 3.63) is 82.3 Å². The van der Waals surface area contributed by atoms with Gasteiger partial charge in [0, 0.05) is 47.0 Å². The molecule has 4 aromatic heterocycles. The molecule has 1 saturated heterocycles. The first-order valence-electron chi connectivity index (χ1n) is 25.3. The number of thiazole rings is 1. The number of alkyl carbamates (subject to hydrolysis) is 2. The molecule has 3 aliphatic rings. The minimum Gasteiger partial charge on any atom is -0.464 e. The first-order chi connectivity index (χ1) is 34.6. The van der Waals surface area contributed by atoms with Gasteiger partial charge >= 0.3 is 12.2 Å². The van der Waals surface area contributed by atoms with Crippen molar-refractivity contribution in [3.63, 3.8) is 0 Å². The van der Waals surface area contributed by atoms with Gasteiger partial charge in [0.15, 0.2) is 5.78 Å². The van der Waals surface area contributed by atoms with Gasteiger partial charge in [-0.15, -0.1) is 11.3 Å². The molecule has 2 aromatic carbocycles. The molecule has 1 aliphatic carbocycles. The molecule has 7 unspecified atom stereocenters. The number of carbonyl (C=O) groups is 4. The molecule has 72 heavy (non-hydrogen) atoms. The third kappa shape index (κ3) is 9.85. The molecule has 0 radical (unpaired) electrons. The number of unbranched alkanes of at least 4 members (excludes halogenated alkanes) is 1. The fourth-order valence-electron chi connectivity index (χ4n) is 10.5. The molecule has 382 valence electrons. The van der Waals surface area contributed by atoms with Crippen LogP contribution in [0.3, 0.4) is 0 Å². The highest BCUT2D eigenvalue weighted by molar-refractivity contribution is 7.11. The normalized spacial score (nSPS) is 18.5. The Labute approximate surface area is 423 Å². The second kappa shape index (κ2) is 20.9. The first-order valence-corrected chi connectivity index (χ1v) is 26.2. The number of aromatic amines is 2. The Kier molecular flexibility index (Phi) is 14.6. The third-order valence-corrected chi connectivity index (χ3v) is 16.1. The average Bonchev–Trinajstić information content (AvgIpc) is 3.96. The van der Waals surface area contributed by atoms with E-state index >= 15 is 4.39 Å². The molecule has 4 N–H and O–H groups in total. The minimum atomic E-state index is -0.772. The van der Waals surface area contributed by atoms with Crippen molar-refractivity contribution in [2.75, 3.05) is 20.8 Å². The molecule has 2 aliphatic heterocycles. The van der Waals surface area contributed by atoms with Gasteiger partial charge in [0.25, 0.3) is 0 Å². The molecule has 0 spiro atoms. The number of likely N-dealkylation sites (tertiary alicyclic amines) is 1. The van der Waals surface area contributed by atoms with Gasteiger partial charge in [-0.3, -0.25) is 14.2 Å². The second-order valence-electron chi connectivity index (χ2n) is 20.4. The maximum Gasteiger partial charge on any atom is 0.407 e. The topological polar surface area (TPSA) is 198 Å². The van der Waals surface area contributed by atoms with Gasteiger partial charge in [0.1, 0.15) is 29.3 Å². The van der Waals surface area contributed by atoms with Crippen LogP contribution in [0.1, 0.15) is 139 Å². The van der Waals surface area contributed by atoms with E-state index in [1.54, 1.807) is 22.4 Å². The molecule has 18 heteroatoms. The molecule has 6 aromatic rings. The number of Topliss-reactive ketones (excluding diaryl/α,β-unsaturated/α-hetero) is 1. The number of nitrogens with one attached hydrogen (secondary N) is 4. The molecular formula is C54H66FN9O7S. The van der Waals surface area contributed by atoms with Crippen LogP contribution in [0.25, 0.3) is 44.7 Å². The minimum absolute atomic E-state index is 0.0396. The number of hydrogen-bond donors (Lipinski definition) is 4. The van der Waals surface area contributed by atoms with E-state index in [0.29, 0.717) is 53.0 Å². The summed E-state index contributed by atoms with van der Waals surface area (Å²) < 4.78 is 35.6. The summed E-state index contributed by atoms with van der Waals surface area (Å²) in [5.41, 5.74) is 4.71. The zero-order chi connectivity index (χ0) is 51.1. The maximum atomic E-state index is 17.0. The summed E-state index contributed by atoms with van der Waals surface area (Å²) in [6, 6.07) is 9.71. The van der Waals surface area contributed by atoms with Gasteiger partial charge in [-0.25, -0.2) is 28.9 Å². The molecule has 16 nitrogen and oxygen atoms in total. The summed E-state index contributed by atoms with van der Waals surface area (Å²) in [5.74, 6) is 0.675. The SMILES string of the molecule is CCCCC(c1ncc(-c2ccc3c(c2)cc2n3C(c3cnc(C4CC4)s3)Oc3cc(-c4cnc(C5CCCN5C(=O)C(NC(=O)OC)C(C)C)[nH]4)cc(F)c3-2)[nH]1)C(C)C(C)C(=O)C(NC(=O)OC)C(C)C. The fourth-order valence-corrected chi connectivity index (χ4v) is 11.6. The van der Waals surface area contributed by atoms with Crippen LogP contribution >= 0.6 is 11.3 Å². The highest BCUT2D eigenvalue weighted by Gasteiger charge is 2.40. The largest absolute Gasteiger partial charge is 0.464 e. The lowest BCUT2D eigenvalue weighted by atomic mass is 9.76.